The van der Waals surface area contributed by atoms with Gasteiger partial charge in [0, 0.05) is 46.4 Å². The molecule has 0 aliphatic heterocycles. The first-order chi connectivity index (χ1) is 17.0. The molecule has 0 spiro atoms. The fraction of sp³-hybridized carbons (Fsp3) is 0.185. The Kier molecular flexibility index (Phi) is 5.88. The highest BCUT2D eigenvalue weighted by molar-refractivity contribution is 6.18. The van der Waals surface area contributed by atoms with Gasteiger partial charge in [0.2, 0.25) is 17.3 Å². The Morgan fingerprint density at radius 3 is 2.49 bits per heavy atom. The molecule has 0 saturated carbocycles. The third kappa shape index (κ3) is 3.87. The number of rotatable bonds is 9. The van der Waals surface area contributed by atoms with Crippen molar-refractivity contribution in [2.24, 2.45) is 0 Å². The van der Waals surface area contributed by atoms with Crippen LogP contribution in [0.3, 0.4) is 0 Å². The third-order valence-electron chi connectivity index (χ3n) is 6.29. The number of aromatic nitrogens is 2. The highest BCUT2D eigenvalue weighted by atomic mass is 16.4. The summed E-state index contributed by atoms with van der Waals surface area (Å²) in [6, 6.07) is 12.9. The van der Waals surface area contributed by atoms with Crippen LogP contribution in [0.25, 0.3) is 32.9 Å². The molecule has 0 fully saturated rings. The lowest BCUT2D eigenvalue weighted by molar-refractivity contribution is 0.0661. The summed E-state index contributed by atoms with van der Waals surface area (Å²) in [5, 5.41) is 31.1. The number of aromatic amines is 2. The molecular formula is C27H24N2O6. The van der Waals surface area contributed by atoms with E-state index in [-0.39, 0.29) is 17.7 Å². The molecule has 5 aromatic rings. The first kappa shape index (κ1) is 22.5. The fourth-order valence-corrected chi connectivity index (χ4v) is 4.59. The molecule has 3 aromatic heterocycles. The number of unbranched alkanes of at least 4 members (excludes halogenated alkanes) is 2. The highest BCUT2D eigenvalue weighted by Crippen LogP contribution is 2.42. The minimum atomic E-state index is -1.39. The average molecular weight is 472 g/mol. The van der Waals surface area contributed by atoms with Crippen LogP contribution in [0.15, 0.2) is 59.3 Å². The lowest BCUT2D eigenvalue weighted by Crippen LogP contribution is -2.00. The predicted molar refractivity (Wildman–Crippen MR) is 131 cm³/mol. The second-order valence-electron chi connectivity index (χ2n) is 8.44. The Labute approximate surface area is 199 Å². The van der Waals surface area contributed by atoms with Gasteiger partial charge in [0.1, 0.15) is 0 Å². The minimum absolute atomic E-state index is 0.0392. The van der Waals surface area contributed by atoms with Crippen LogP contribution in [-0.4, -0.2) is 43.6 Å². The van der Waals surface area contributed by atoms with Crippen LogP contribution in [-0.2, 0) is 6.42 Å². The van der Waals surface area contributed by atoms with Crippen molar-refractivity contribution in [2.75, 3.05) is 6.61 Å². The number of carboxylic acids is 1. The average Bonchev–Trinajstić information content (AvgIpc) is 3.56. The third-order valence-corrected chi connectivity index (χ3v) is 6.29. The van der Waals surface area contributed by atoms with Crippen molar-refractivity contribution in [1.82, 2.24) is 9.97 Å². The van der Waals surface area contributed by atoms with Gasteiger partial charge in [0.25, 0.3) is 0 Å². The van der Waals surface area contributed by atoms with Crippen molar-refractivity contribution in [1.29, 1.82) is 0 Å². The topological polar surface area (TPSA) is 140 Å². The summed E-state index contributed by atoms with van der Waals surface area (Å²) in [6.45, 7) is 0.164. The second kappa shape index (κ2) is 9.15. The standard InChI is InChI=1S/C27H24N2O6/c30-12-5-1-2-7-15-8-6-10-17-19(14-29-22(15)17)23(31)26-24(32)21(25(35-26)27(33)34)18-13-28-20-11-4-3-9-16(18)20/h3-4,6,8-11,13-14,28-30,32H,1-2,5,7,12H2,(H,33,34). The number of carboxylic acid groups (broad SMARTS) is 1. The SMILES string of the molecule is O=C(O)c1oc(C(=O)c2c[nH]c3c(CCCCCO)cccc23)c(O)c1-c1c[nH]c2ccccc12. The van der Waals surface area contributed by atoms with Gasteiger partial charge in [-0.15, -0.1) is 0 Å². The molecule has 0 aliphatic rings. The summed E-state index contributed by atoms with van der Waals surface area (Å²) in [5.41, 5.74) is 3.28. The molecular weight excluding hydrogens is 448 g/mol. The van der Waals surface area contributed by atoms with Gasteiger partial charge < -0.3 is 29.7 Å². The zero-order valence-electron chi connectivity index (χ0n) is 18.8. The van der Waals surface area contributed by atoms with E-state index in [1.165, 1.54) is 0 Å². The first-order valence-corrected chi connectivity index (χ1v) is 11.4. The van der Waals surface area contributed by atoms with Crippen molar-refractivity contribution < 1.29 is 29.3 Å². The fourth-order valence-electron chi connectivity index (χ4n) is 4.59. The van der Waals surface area contributed by atoms with E-state index in [2.05, 4.69) is 9.97 Å². The number of aliphatic hydroxyl groups excluding tert-OH is 1. The maximum absolute atomic E-state index is 13.5. The van der Waals surface area contributed by atoms with Crippen LogP contribution >= 0.6 is 0 Å². The zero-order chi connectivity index (χ0) is 24.5. The molecule has 2 aromatic carbocycles. The van der Waals surface area contributed by atoms with Gasteiger partial charge >= 0.3 is 5.97 Å². The number of benzene rings is 2. The van der Waals surface area contributed by atoms with E-state index in [0.717, 1.165) is 42.3 Å². The molecule has 0 bridgehead atoms. The number of ketones is 1. The van der Waals surface area contributed by atoms with Crippen LogP contribution in [0, 0.1) is 0 Å². The van der Waals surface area contributed by atoms with Crippen molar-refractivity contribution in [3.05, 3.63) is 77.5 Å². The number of hydrogen-bond donors (Lipinski definition) is 5. The van der Waals surface area contributed by atoms with E-state index in [4.69, 9.17) is 9.52 Å². The van der Waals surface area contributed by atoms with Gasteiger partial charge in [-0.25, -0.2) is 4.79 Å². The van der Waals surface area contributed by atoms with Crippen molar-refractivity contribution in [3.8, 4) is 16.9 Å². The van der Waals surface area contributed by atoms with Crippen LogP contribution in [0.1, 0.15) is 51.5 Å². The lowest BCUT2D eigenvalue weighted by Gasteiger charge is -2.04. The second-order valence-corrected chi connectivity index (χ2v) is 8.44. The molecule has 3 heterocycles. The summed E-state index contributed by atoms with van der Waals surface area (Å²) < 4.78 is 5.49. The summed E-state index contributed by atoms with van der Waals surface area (Å²) in [4.78, 5) is 31.7. The Hall–Kier alpha value is -4.30. The number of aromatic hydroxyl groups is 1. The van der Waals surface area contributed by atoms with Crippen molar-refractivity contribution in [2.45, 2.75) is 25.7 Å². The number of aliphatic hydroxyl groups is 1. The van der Waals surface area contributed by atoms with Gasteiger partial charge in [-0.05, 0) is 30.9 Å². The molecule has 0 atom stereocenters. The van der Waals surface area contributed by atoms with Gasteiger partial charge in [0.15, 0.2) is 5.75 Å². The van der Waals surface area contributed by atoms with E-state index in [1.54, 1.807) is 30.6 Å². The Morgan fingerprint density at radius 1 is 0.886 bits per heavy atom. The molecule has 0 amide bonds. The molecule has 8 nitrogen and oxygen atoms in total. The van der Waals surface area contributed by atoms with Crippen molar-refractivity contribution in [3.63, 3.8) is 0 Å². The predicted octanol–water partition coefficient (Wildman–Crippen LogP) is 5.25. The highest BCUT2D eigenvalue weighted by Gasteiger charge is 2.32. The number of carbonyl (C=O) groups excluding carboxylic acids is 1. The summed E-state index contributed by atoms with van der Waals surface area (Å²) in [7, 11) is 0. The Bertz CT molecular complexity index is 1550. The zero-order valence-corrected chi connectivity index (χ0v) is 18.8. The number of aromatic carboxylic acids is 1. The molecule has 178 valence electrons. The Balaban J connectivity index is 1.57. The monoisotopic (exact) mass is 472 g/mol. The lowest BCUT2D eigenvalue weighted by atomic mass is 10.00. The molecule has 0 aliphatic carbocycles. The van der Waals surface area contributed by atoms with Crippen LogP contribution in [0.5, 0.6) is 5.75 Å². The molecule has 0 saturated heterocycles. The van der Waals surface area contributed by atoms with E-state index < -0.39 is 29.0 Å². The van der Waals surface area contributed by atoms with Crippen LogP contribution < -0.4 is 0 Å². The van der Waals surface area contributed by atoms with E-state index >= 15 is 0 Å². The minimum Gasteiger partial charge on any atom is -0.504 e. The number of aryl methyl sites for hydroxylation is 1. The first-order valence-electron chi connectivity index (χ1n) is 11.4. The molecule has 5 N–H and O–H groups in total. The molecule has 5 rings (SSSR count). The van der Waals surface area contributed by atoms with Crippen molar-refractivity contribution >= 4 is 33.6 Å². The number of hydrogen-bond acceptors (Lipinski definition) is 5. The normalized spacial score (nSPS) is 11.5. The smallest absolute Gasteiger partial charge is 0.372 e. The number of nitrogens with one attached hydrogen (secondary N) is 2. The van der Waals surface area contributed by atoms with Gasteiger partial charge in [-0.2, -0.15) is 0 Å². The molecule has 8 heteroatoms. The summed E-state index contributed by atoms with van der Waals surface area (Å²) in [5.74, 6) is -3.42. The maximum atomic E-state index is 13.5. The largest absolute Gasteiger partial charge is 0.504 e. The number of carbonyl (C=O) groups is 2. The van der Waals surface area contributed by atoms with Crippen LogP contribution in [0.2, 0.25) is 0 Å². The quantitative estimate of drug-likeness (QED) is 0.147. The summed E-state index contributed by atoms with van der Waals surface area (Å²) >= 11 is 0. The number of para-hydroxylation sites is 2. The van der Waals surface area contributed by atoms with E-state index in [1.807, 2.05) is 24.3 Å². The number of H-pyrrole nitrogens is 2. The molecule has 35 heavy (non-hydrogen) atoms. The number of furan rings is 1. The van der Waals surface area contributed by atoms with Gasteiger partial charge in [-0.3, -0.25) is 4.79 Å². The van der Waals surface area contributed by atoms with E-state index in [0.29, 0.717) is 16.3 Å². The van der Waals surface area contributed by atoms with E-state index in [9.17, 15) is 19.8 Å². The van der Waals surface area contributed by atoms with Gasteiger partial charge in [0.05, 0.1) is 11.1 Å². The van der Waals surface area contributed by atoms with Gasteiger partial charge in [-0.1, -0.05) is 42.8 Å². The summed E-state index contributed by atoms with van der Waals surface area (Å²) in [6.07, 6.45) is 6.46. The Morgan fingerprint density at radius 2 is 1.69 bits per heavy atom. The molecule has 0 unspecified atom stereocenters. The number of fused-ring (bicyclic) bond motifs is 2. The molecule has 0 radical (unpaired) electrons. The maximum Gasteiger partial charge on any atom is 0.372 e. The van der Waals surface area contributed by atoms with Crippen LogP contribution in [0.4, 0.5) is 0 Å².